The monoisotopic (exact) mass is 268 g/mol. The van der Waals surface area contributed by atoms with Crippen molar-refractivity contribution in [3.8, 4) is 0 Å². The van der Waals surface area contributed by atoms with Gasteiger partial charge in [-0.05, 0) is 25.3 Å². The van der Waals surface area contributed by atoms with Gasteiger partial charge >= 0.3 is 0 Å². The Morgan fingerprint density at radius 1 is 1.44 bits per heavy atom. The standard InChI is InChI=1S/C11H12N2O4S/c1-7-2-3-8-4-5-10(13(14)15)9-6-18(16,17)12(7)11(8)9/h4-5,7H,2-3,6H2,1H3. The SMILES string of the molecule is CC1CCc2ccc([N+](=O)[O-])c3c2N1S(=O)(=O)C3. The predicted octanol–water partition coefficient (Wildman–Crippen LogP) is 1.58. The van der Waals surface area contributed by atoms with E-state index in [1.54, 1.807) is 6.07 Å². The second-order valence-electron chi connectivity index (χ2n) is 4.77. The molecule has 2 aliphatic heterocycles. The average molecular weight is 268 g/mol. The van der Waals surface area contributed by atoms with Gasteiger partial charge in [-0.15, -0.1) is 0 Å². The number of sulfonamides is 1. The summed E-state index contributed by atoms with van der Waals surface area (Å²) >= 11 is 0. The molecule has 0 fully saturated rings. The number of nitrogens with zero attached hydrogens (tertiary/aromatic N) is 2. The first-order valence-electron chi connectivity index (χ1n) is 5.73. The lowest BCUT2D eigenvalue weighted by Crippen LogP contribution is -2.38. The van der Waals surface area contributed by atoms with Gasteiger partial charge in [0.2, 0.25) is 10.0 Å². The summed E-state index contributed by atoms with van der Waals surface area (Å²) in [5.74, 6) is -0.253. The third kappa shape index (κ3) is 1.37. The van der Waals surface area contributed by atoms with Crippen LogP contribution in [0.1, 0.15) is 24.5 Å². The zero-order chi connectivity index (χ0) is 13.1. The molecule has 7 heteroatoms. The molecule has 0 aliphatic carbocycles. The van der Waals surface area contributed by atoms with Crippen LogP contribution in [0.25, 0.3) is 0 Å². The van der Waals surface area contributed by atoms with Gasteiger partial charge in [-0.25, -0.2) is 8.42 Å². The minimum Gasteiger partial charge on any atom is -0.266 e. The molecular weight excluding hydrogens is 256 g/mol. The van der Waals surface area contributed by atoms with Crippen molar-refractivity contribution in [3.05, 3.63) is 33.4 Å². The van der Waals surface area contributed by atoms with Crippen molar-refractivity contribution in [3.63, 3.8) is 0 Å². The van der Waals surface area contributed by atoms with Gasteiger partial charge in [0.05, 0.1) is 16.2 Å². The maximum atomic E-state index is 12.1. The molecule has 6 nitrogen and oxygen atoms in total. The Balaban J connectivity index is 2.33. The summed E-state index contributed by atoms with van der Waals surface area (Å²) in [5.41, 5.74) is 1.72. The molecule has 0 bridgehead atoms. The maximum absolute atomic E-state index is 12.1. The molecule has 0 saturated carbocycles. The highest BCUT2D eigenvalue weighted by molar-refractivity contribution is 7.92. The maximum Gasteiger partial charge on any atom is 0.275 e. The van der Waals surface area contributed by atoms with E-state index in [-0.39, 0.29) is 17.5 Å². The van der Waals surface area contributed by atoms with Gasteiger partial charge in [-0.1, -0.05) is 6.07 Å². The van der Waals surface area contributed by atoms with Crippen molar-refractivity contribution in [2.75, 3.05) is 4.31 Å². The lowest BCUT2D eigenvalue weighted by molar-refractivity contribution is -0.385. The molecule has 0 radical (unpaired) electrons. The number of rotatable bonds is 1. The Morgan fingerprint density at radius 3 is 2.83 bits per heavy atom. The summed E-state index contributed by atoms with van der Waals surface area (Å²) in [7, 11) is -3.44. The number of hydrogen-bond donors (Lipinski definition) is 0. The summed E-state index contributed by atoms with van der Waals surface area (Å²) in [6.45, 7) is 1.84. The van der Waals surface area contributed by atoms with Crippen molar-refractivity contribution < 1.29 is 13.3 Å². The number of anilines is 1. The van der Waals surface area contributed by atoms with E-state index in [4.69, 9.17) is 0 Å². The van der Waals surface area contributed by atoms with Crippen molar-refractivity contribution >= 4 is 21.4 Å². The van der Waals surface area contributed by atoms with Crippen LogP contribution in [0, 0.1) is 10.1 Å². The summed E-state index contributed by atoms with van der Waals surface area (Å²) in [4.78, 5) is 10.5. The molecule has 2 heterocycles. The van der Waals surface area contributed by atoms with Gasteiger partial charge < -0.3 is 0 Å². The quantitative estimate of drug-likeness (QED) is 0.572. The van der Waals surface area contributed by atoms with Gasteiger partial charge in [-0.2, -0.15) is 0 Å². The van der Waals surface area contributed by atoms with Crippen molar-refractivity contribution in [2.24, 2.45) is 0 Å². The van der Waals surface area contributed by atoms with Crippen molar-refractivity contribution in [2.45, 2.75) is 31.6 Å². The van der Waals surface area contributed by atoms with Gasteiger partial charge in [0, 0.05) is 12.1 Å². The van der Waals surface area contributed by atoms with Crippen molar-refractivity contribution in [1.29, 1.82) is 0 Å². The fraction of sp³-hybridized carbons (Fsp3) is 0.455. The van der Waals surface area contributed by atoms with Crippen LogP contribution in [-0.4, -0.2) is 19.4 Å². The third-order valence-corrected chi connectivity index (χ3v) is 5.41. The van der Waals surface area contributed by atoms with Crippen LogP contribution in [-0.2, 0) is 22.2 Å². The molecule has 2 aliphatic rings. The zero-order valence-electron chi connectivity index (χ0n) is 9.79. The molecule has 18 heavy (non-hydrogen) atoms. The number of nitro groups is 1. The van der Waals surface area contributed by atoms with E-state index in [2.05, 4.69) is 0 Å². The largest absolute Gasteiger partial charge is 0.275 e. The molecule has 1 unspecified atom stereocenters. The minimum atomic E-state index is -3.44. The topological polar surface area (TPSA) is 80.5 Å². The van der Waals surface area contributed by atoms with Gasteiger partial charge in [-0.3, -0.25) is 14.4 Å². The van der Waals surface area contributed by atoms with Gasteiger partial charge in [0.25, 0.3) is 5.69 Å². The van der Waals surface area contributed by atoms with Gasteiger partial charge in [0.1, 0.15) is 5.75 Å². The number of hydrogen-bond acceptors (Lipinski definition) is 4. The highest BCUT2D eigenvalue weighted by Gasteiger charge is 2.43. The minimum absolute atomic E-state index is 0.0890. The van der Waals surface area contributed by atoms with Crippen molar-refractivity contribution in [1.82, 2.24) is 0 Å². The van der Waals surface area contributed by atoms with E-state index in [0.717, 1.165) is 18.4 Å². The summed E-state index contributed by atoms with van der Waals surface area (Å²) in [6, 6.07) is 2.98. The van der Waals surface area contributed by atoms with E-state index in [1.165, 1.54) is 10.4 Å². The number of benzene rings is 1. The van der Waals surface area contributed by atoms with Gasteiger partial charge in [0.15, 0.2) is 0 Å². The van der Waals surface area contributed by atoms with Crippen LogP contribution >= 0.6 is 0 Å². The second kappa shape index (κ2) is 3.44. The summed E-state index contributed by atoms with van der Waals surface area (Å²) in [6.07, 6.45) is 1.52. The smallest absolute Gasteiger partial charge is 0.266 e. The fourth-order valence-corrected chi connectivity index (χ4v) is 4.78. The van der Waals surface area contributed by atoms with E-state index in [1.807, 2.05) is 6.92 Å². The molecule has 0 N–H and O–H groups in total. The Kier molecular flexibility index (Phi) is 2.19. The Morgan fingerprint density at radius 2 is 2.17 bits per heavy atom. The molecular formula is C11H12N2O4S. The predicted molar refractivity (Wildman–Crippen MR) is 66.0 cm³/mol. The van der Waals surface area contributed by atoms with E-state index >= 15 is 0 Å². The number of aryl methyl sites for hydroxylation is 1. The fourth-order valence-electron chi connectivity index (χ4n) is 2.83. The molecule has 0 saturated heterocycles. The van der Waals surface area contributed by atoms with Crippen LogP contribution < -0.4 is 4.31 Å². The zero-order valence-corrected chi connectivity index (χ0v) is 10.6. The molecule has 1 atom stereocenters. The molecule has 0 spiro atoms. The third-order valence-electron chi connectivity index (χ3n) is 3.62. The molecule has 3 rings (SSSR count). The molecule has 1 aromatic carbocycles. The first kappa shape index (κ1) is 11.5. The van der Waals surface area contributed by atoms with Crippen LogP contribution in [0.4, 0.5) is 11.4 Å². The van der Waals surface area contributed by atoms with E-state index in [0.29, 0.717) is 11.3 Å². The Hall–Kier alpha value is -1.63. The second-order valence-corrected chi connectivity index (χ2v) is 6.61. The van der Waals surface area contributed by atoms with Crippen LogP contribution in [0.5, 0.6) is 0 Å². The summed E-state index contributed by atoms with van der Waals surface area (Å²) in [5, 5.41) is 11.0. The van der Waals surface area contributed by atoms with Crippen LogP contribution in [0.2, 0.25) is 0 Å². The first-order valence-corrected chi connectivity index (χ1v) is 7.34. The van der Waals surface area contributed by atoms with Crippen LogP contribution in [0.3, 0.4) is 0 Å². The van der Waals surface area contributed by atoms with Crippen LogP contribution in [0.15, 0.2) is 12.1 Å². The summed E-state index contributed by atoms with van der Waals surface area (Å²) < 4.78 is 25.6. The Bertz CT molecular complexity index is 653. The first-order chi connectivity index (χ1) is 8.42. The van der Waals surface area contributed by atoms with E-state index in [9.17, 15) is 18.5 Å². The number of nitro benzene ring substituents is 1. The molecule has 1 aromatic rings. The lowest BCUT2D eigenvalue weighted by atomic mass is 9.95. The normalized spacial score (nSPS) is 23.8. The highest BCUT2D eigenvalue weighted by Crippen LogP contribution is 2.46. The molecule has 0 aromatic heterocycles. The average Bonchev–Trinajstić information content (AvgIpc) is 2.56. The molecule has 0 amide bonds. The molecule has 96 valence electrons. The highest BCUT2D eigenvalue weighted by atomic mass is 32.2. The van der Waals surface area contributed by atoms with E-state index < -0.39 is 14.9 Å². The lowest BCUT2D eigenvalue weighted by Gasteiger charge is -2.31. The Labute approximate surface area is 104 Å².